The number of rotatable bonds is 2. The molecule has 0 heterocycles. The van der Waals surface area contributed by atoms with Crippen LogP contribution in [0.3, 0.4) is 0 Å². The van der Waals surface area contributed by atoms with E-state index < -0.39 is 0 Å². The topological polar surface area (TPSA) is 0 Å². The standard InChI is InChI=1S/C25H32.C4H8.C2H6/c1-7-17(3)20-8-9-21-19-15-18(4)23-14-16(2)10-12-25(23,6)22(19)11-13-24(20,21)5;1-4(2)3;1-2/h8,10-12,14,18-19,21H,2-3,7,9,13,15H2,1,4-6H3;1H2,2-3H3;1-2H3/t18-,19?,21?,24+,25+;;/m0../s1. The highest BCUT2D eigenvalue weighted by Gasteiger charge is 2.54. The van der Waals surface area contributed by atoms with Gasteiger partial charge in [0.25, 0.3) is 0 Å². The molecule has 4 aliphatic carbocycles. The van der Waals surface area contributed by atoms with E-state index in [1.165, 1.54) is 30.4 Å². The summed E-state index contributed by atoms with van der Waals surface area (Å²) in [6, 6.07) is 0. The maximum atomic E-state index is 4.38. The normalized spacial score (nSPS) is 34.9. The Hall–Kier alpha value is -1.82. The molecule has 170 valence electrons. The average molecular weight is 419 g/mol. The summed E-state index contributed by atoms with van der Waals surface area (Å²) in [6.45, 7) is 29.7. The molecule has 0 N–H and O–H groups in total. The van der Waals surface area contributed by atoms with Crippen molar-refractivity contribution in [3.63, 3.8) is 0 Å². The molecule has 4 rings (SSSR count). The Morgan fingerprint density at radius 3 is 2.29 bits per heavy atom. The van der Waals surface area contributed by atoms with Crippen LogP contribution in [0.4, 0.5) is 0 Å². The second-order valence-corrected chi connectivity index (χ2v) is 10.4. The van der Waals surface area contributed by atoms with Crippen molar-refractivity contribution in [2.45, 2.75) is 81.1 Å². The molecule has 0 nitrogen and oxygen atoms in total. The van der Waals surface area contributed by atoms with E-state index in [1.54, 1.807) is 16.7 Å². The van der Waals surface area contributed by atoms with Crippen molar-refractivity contribution in [2.75, 3.05) is 0 Å². The number of hydrogen-bond donors (Lipinski definition) is 0. The Morgan fingerprint density at radius 1 is 1.10 bits per heavy atom. The van der Waals surface area contributed by atoms with E-state index in [9.17, 15) is 0 Å². The van der Waals surface area contributed by atoms with E-state index in [0.29, 0.717) is 17.3 Å². The fourth-order valence-electron chi connectivity index (χ4n) is 6.32. The third-order valence-electron chi connectivity index (χ3n) is 7.76. The highest BCUT2D eigenvalue weighted by atomic mass is 14.6. The summed E-state index contributed by atoms with van der Waals surface area (Å²) in [5.74, 6) is 2.07. The SMILES string of the molecule is C=C(C)C.C=C1C=C[C@]2(C)C3=CC[C@]4(C)C(C(=C)CC)=CCC4C3C[C@H](C)C2=C1.CC. The van der Waals surface area contributed by atoms with Gasteiger partial charge in [0, 0.05) is 5.41 Å². The largest absolute Gasteiger partial charge is 0.100 e. The van der Waals surface area contributed by atoms with Crippen molar-refractivity contribution in [3.8, 4) is 0 Å². The lowest BCUT2D eigenvalue weighted by atomic mass is 9.50. The van der Waals surface area contributed by atoms with Crippen LogP contribution in [-0.2, 0) is 0 Å². The highest BCUT2D eigenvalue weighted by Crippen LogP contribution is 2.64. The molecule has 0 spiro atoms. The molecule has 0 heteroatoms. The van der Waals surface area contributed by atoms with E-state index in [-0.39, 0.29) is 5.41 Å². The molecule has 0 saturated heterocycles. The Bertz CT molecular complexity index is 850. The molecule has 0 radical (unpaired) electrons. The van der Waals surface area contributed by atoms with Gasteiger partial charge in [-0.25, -0.2) is 0 Å². The van der Waals surface area contributed by atoms with Gasteiger partial charge in [-0.15, -0.1) is 6.58 Å². The molecule has 31 heavy (non-hydrogen) atoms. The van der Waals surface area contributed by atoms with Crippen LogP contribution in [0.5, 0.6) is 0 Å². The molecule has 0 aromatic carbocycles. The van der Waals surface area contributed by atoms with Gasteiger partial charge in [0.05, 0.1) is 0 Å². The second-order valence-electron chi connectivity index (χ2n) is 10.4. The lowest BCUT2D eigenvalue weighted by Gasteiger charge is -2.54. The Labute approximate surface area is 193 Å². The number of fused-ring (bicyclic) bond motifs is 5. The van der Waals surface area contributed by atoms with Gasteiger partial charge in [-0.1, -0.05) is 100 Å². The maximum Gasteiger partial charge on any atom is 0.0284 e. The van der Waals surface area contributed by atoms with Crippen LogP contribution in [0.15, 0.2) is 83.6 Å². The summed E-state index contributed by atoms with van der Waals surface area (Å²) in [6.07, 6.45) is 16.9. The van der Waals surface area contributed by atoms with Crippen molar-refractivity contribution in [2.24, 2.45) is 28.6 Å². The fraction of sp³-hybridized carbons (Fsp3) is 0.548. The smallest absolute Gasteiger partial charge is 0.0284 e. The summed E-state index contributed by atoms with van der Waals surface area (Å²) < 4.78 is 0. The van der Waals surface area contributed by atoms with Gasteiger partial charge in [0.2, 0.25) is 0 Å². The molecule has 1 fully saturated rings. The first kappa shape index (κ1) is 25.4. The molecule has 1 saturated carbocycles. The first-order valence-corrected chi connectivity index (χ1v) is 12.4. The summed E-state index contributed by atoms with van der Waals surface area (Å²) in [5, 5.41) is 0. The first-order chi connectivity index (χ1) is 14.5. The van der Waals surface area contributed by atoms with E-state index in [1.807, 2.05) is 27.7 Å². The summed E-state index contributed by atoms with van der Waals surface area (Å²) in [4.78, 5) is 0. The monoisotopic (exact) mass is 418 g/mol. The van der Waals surface area contributed by atoms with Crippen LogP contribution >= 0.6 is 0 Å². The van der Waals surface area contributed by atoms with E-state index in [2.05, 4.69) is 77.8 Å². The summed E-state index contributed by atoms with van der Waals surface area (Å²) >= 11 is 0. The molecule has 2 unspecified atom stereocenters. The Balaban J connectivity index is 0.000000513. The Kier molecular flexibility index (Phi) is 8.01. The van der Waals surface area contributed by atoms with E-state index in [4.69, 9.17) is 0 Å². The van der Waals surface area contributed by atoms with Crippen LogP contribution in [-0.4, -0.2) is 0 Å². The van der Waals surface area contributed by atoms with Crippen LogP contribution in [0, 0.1) is 28.6 Å². The van der Waals surface area contributed by atoms with Gasteiger partial charge >= 0.3 is 0 Å². The molecular formula is C31H46. The minimum absolute atomic E-state index is 0.107. The van der Waals surface area contributed by atoms with E-state index in [0.717, 1.165) is 17.9 Å². The predicted molar refractivity (Wildman–Crippen MR) is 140 cm³/mol. The molecule has 0 aliphatic heterocycles. The zero-order valence-corrected chi connectivity index (χ0v) is 21.6. The van der Waals surface area contributed by atoms with Crippen molar-refractivity contribution in [3.05, 3.63) is 83.6 Å². The van der Waals surface area contributed by atoms with Gasteiger partial charge in [-0.05, 0) is 80.8 Å². The van der Waals surface area contributed by atoms with Crippen LogP contribution in [0.1, 0.15) is 81.1 Å². The third kappa shape index (κ3) is 4.55. The molecule has 0 bridgehead atoms. The zero-order valence-electron chi connectivity index (χ0n) is 21.6. The highest BCUT2D eigenvalue weighted by molar-refractivity contribution is 5.52. The average Bonchev–Trinajstić information content (AvgIpc) is 3.07. The summed E-state index contributed by atoms with van der Waals surface area (Å²) in [5.41, 5.74) is 8.89. The minimum atomic E-state index is 0.107. The fourth-order valence-corrected chi connectivity index (χ4v) is 6.32. The molecule has 0 amide bonds. The lowest BCUT2D eigenvalue weighted by Crippen LogP contribution is -2.44. The van der Waals surface area contributed by atoms with Crippen molar-refractivity contribution in [1.82, 2.24) is 0 Å². The van der Waals surface area contributed by atoms with Gasteiger partial charge in [0.1, 0.15) is 0 Å². The van der Waals surface area contributed by atoms with Gasteiger partial charge in [0.15, 0.2) is 0 Å². The molecule has 0 aromatic rings. The van der Waals surface area contributed by atoms with Crippen LogP contribution in [0.25, 0.3) is 0 Å². The number of hydrogen-bond acceptors (Lipinski definition) is 0. The number of allylic oxidation sites excluding steroid dienone is 11. The molecular weight excluding hydrogens is 372 g/mol. The zero-order chi connectivity index (χ0) is 23.6. The third-order valence-corrected chi connectivity index (χ3v) is 7.76. The molecule has 4 aliphatic rings. The second kappa shape index (κ2) is 9.76. The van der Waals surface area contributed by atoms with Crippen molar-refractivity contribution >= 4 is 0 Å². The lowest BCUT2D eigenvalue weighted by molar-refractivity contribution is 0.136. The van der Waals surface area contributed by atoms with Crippen LogP contribution in [0.2, 0.25) is 0 Å². The van der Waals surface area contributed by atoms with E-state index >= 15 is 0 Å². The minimum Gasteiger partial charge on any atom is -0.100 e. The quantitative estimate of drug-likeness (QED) is 0.391. The van der Waals surface area contributed by atoms with Crippen molar-refractivity contribution in [1.29, 1.82) is 0 Å². The van der Waals surface area contributed by atoms with Gasteiger partial charge in [-0.2, -0.15) is 0 Å². The maximum absolute atomic E-state index is 4.38. The predicted octanol–water partition coefficient (Wildman–Crippen LogP) is 9.56. The van der Waals surface area contributed by atoms with Crippen molar-refractivity contribution < 1.29 is 0 Å². The molecule has 0 aromatic heterocycles. The molecule has 5 atom stereocenters. The van der Waals surface area contributed by atoms with Gasteiger partial charge < -0.3 is 0 Å². The Morgan fingerprint density at radius 2 is 1.71 bits per heavy atom. The first-order valence-electron chi connectivity index (χ1n) is 12.4. The van der Waals surface area contributed by atoms with Crippen LogP contribution < -0.4 is 0 Å². The van der Waals surface area contributed by atoms with Gasteiger partial charge in [-0.3, -0.25) is 0 Å². The summed E-state index contributed by atoms with van der Waals surface area (Å²) in [7, 11) is 0.